The van der Waals surface area contributed by atoms with Gasteiger partial charge in [-0.3, -0.25) is 0 Å². The number of hydrogen-bond acceptors (Lipinski definition) is 1. The third kappa shape index (κ3) is 2.98. The van der Waals surface area contributed by atoms with Gasteiger partial charge >= 0.3 is 0 Å². The first-order valence-corrected chi connectivity index (χ1v) is 5.23. The minimum absolute atomic E-state index is 0.817. The van der Waals surface area contributed by atoms with E-state index in [0.717, 1.165) is 5.92 Å². The summed E-state index contributed by atoms with van der Waals surface area (Å²) in [5, 5.41) is 3.38. The van der Waals surface area contributed by atoms with Gasteiger partial charge in [-0.25, -0.2) is 0 Å². The van der Waals surface area contributed by atoms with Gasteiger partial charge in [-0.15, -0.1) is 0 Å². The lowest BCUT2D eigenvalue weighted by Gasteiger charge is -2.24. The van der Waals surface area contributed by atoms with E-state index in [0.29, 0.717) is 0 Å². The molecule has 1 fully saturated rings. The minimum atomic E-state index is 0.817. The quantitative estimate of drug-likeness (QED) is 0.635. The van der Waals surface area contributed by atoms with Crippen molar-refractivity contribution in [3.8, 4) is 0 Å². The summed E-state index contributed by atoms with van der Waals surface area (Å²) in [6.07, 6.45) is 6.49. The highest BCUT2D eigenvalue weighted by Gasteiger charge is 2.14. The van der Waals surface area contributed by atoms with Crippen molar-refractivity contribution in [2.45, 2.75) is 39.0 Å². The Morgan fingerprint density at radius 3 is 2.67 bits per heavy atom. The van der Waals surface area contributed by atoms with E-state index in [2.05, 4.69) is 18.8 Å². The lowest BCUT2D eigenvalue weighted by atomic mass is 9.88. The summed E-state index contributed by atoms with van der Waals surface area (Å²) in [7, 11) is 0. The number of nitrogens with one attached hydrogen (secondary N) is 1. The van der Waals surface area contributed by atoms with Crippen LogP contribution < -0.4 is 5.32 Å². The first-order chi connectivity index (χ1) is 5.84. The predicted molar refractivity (Wildman–Crippen MR) is 54.3 cm³/mol. The highest BCUT2D eigenvalue weighted by Crippen LogP contribution is 2.23. The number of unbranched alkanes of at least 4 members (excludes halogenated alkanes) is 1. The van der Waals surface area contributed by atoms with Gasteiger partial charge in [0.25, 0.3) is 0 Å². The molecule has 1 nitrogen and oxygen atoms in total. The molecule has 1 heterocycles. The number of rotatable bonds is 4. The number of hydrogen-bond donors (Lipinski definition) is 1. The van der Waals surface area contributed by atoms with Gasteiger partial charge in [0, 0.05) is 0 Å². The van der Waals surface area contributed by atoms with Crippen LogP contribution in [0.2, 0.25) is 0 Å². The molecule has 0 bridgehead atoms. The van der Waals surface area contributed by atoms with E-state index in [1.165, 1.54) is 50.8 Å². The smallest absolute Gasteiger partial charge is 0.00432 e. The first-order valence-electron chi connectivity index (χ1n) is 5.23. The zero-order valence-electron chi connectivity index (χ0n) is 8.23. The topological polar surface area (TPSA) is 12.0 Å². The van der Waals surface area contributed by atoms with Crippen molar-refractivity contribution in [1.29, 1.82) is 0 Å². The molecule has 0 aromatic heterocycles. The molecule has 0 radical (unpaired) electrons. The van der Waals surface area contributed by atoms with E-state index in [-0.39, 0.29) is 0 Å². The molecule has 0 unspecified atom stereocenters. The van der Waals surface area contributed by atoms with E-state index < -0.39 is 0 Å². The molecule has 0 aromatic rings. The summed E-state index contributed by atoms with van der Waals surface area (Å²) in [6.45, 7) is 8.81. The molecular weight excluding hydrogens is 146 g/mol. The van der Waals surface area contributed by atoms with Crippen LogP contribution in [0.4, 0.5) is 0 Å². The van der Waals surface area contributed by atoms with Crippen LogP contribution >= 0.6 is 0 Å². The predicted octanol–water partition coefficient (Wildman–Crippen LogP) is 2.73. The number of allylic oxidation sites excluding steroid dienone is 1. The molecule has 0 atom stereocenters. The van der Waals surface area contributed by atoms with E-state index >= 15 is 0 Å². The molecule has 0 spiro atoms. The van der Waals surface area contributed by atoms with Crippen LogP contribution in [0.15, 0.2) is 12.2 Å². The maximum atomic E-state index is 4.19. The third-order valence-corrected chi connectivity index (χ3v) is 2.77. The van der Waals surface area contributed by atoms with Gasteiger partial charge in [0.2, 0.25) is 0 Å². The van der Waals surface area contributed by atoms with E-state index in [1.54, 1.807) is 0 Å². The average molecular weight is 167 g/mol. The summed E-state index contributed by atoms with van der Waals surface area (Å²) in [5.41, 5.74) is 1.50. The van der Waals surface area contributed by atoms with Crippen LogP contribution in [0.1, 0.15) is 39.0 Å². The molecule has 0 aliphatic carbocycles. The summed E-state index contributed by atoms with van der Waals surface area (Å²) in [5.74, 6) is 0.817. The SMILES string of the molecule is C=C(CCCC)C1CCNCC1. The van der Waals surface area contributed by atoms with Crippen molar-refractivity contribution in [3.05, 3.63) is 12.2 Å². The Hall–Kier alpha value is -0.300. The van der Waals surface area contributed by atoms with Crippen LogP contribution in [-0.4, -0.2) is 13.1 Å². The van der Waals surface area contributed by atoms with Crippen molar-refractivity contribution in [2.75, 3.05) is 13.1 Å². The monoisotopic (exact) mass is 167 g/mol. The fraction of sp³-hybridized carbons (Fsp3) is 0.818. The van der Waals surface area contributed by atoms with Gasteiger partial charge in [-0.05, 0) is 44.7 Å². The van der Waals surface area contributed by atoms with Crippen LogP contribution in [0.5, 0.6) is 0 Å². The maximum Gasteiger partial charge on any atom is -0.00432 e. The minimum Gasteiger partial charge on any atom is -0.317 e. The van der Waals surface area contributed by atoms with E-state index in [1.807, 2.05) is 0 Å². The number of piperidine rings is 1. The molecule has 0 saturated carbocycles. The Morgan fingerprint density at radius 1 is 1.42 bits per heavy atom. The molecule has 12 heavy (non-hydrogen) atoms. The van der Waals surface area contributed by atoms with Crippen molar-refractivity contribution in [3.63, 3.8) is 0 Å². The first kappa shape index (κ1) is 9.79. The summed E-state index contributed by atoms with van der Waals surface area (Å²) in [4.78, 5) is 0. The lowest BCUT2D eigenvalue weighted by molar-refractivity contribution is 0.410. The van der Waals surface area contributed by atoms with Crippen molar-refractivity contribution in [1.82, 2.24) is 5.32 Å². The Bertz CT molecular complexity index is 134. The van der Waals surface area contributed by atoms with Crippen LogP contribution in [0.25, 0.3) is 0 Å². The third-order valence-electron chi connectivity index (χ3n) is 2.77. The van der Waals surface area contributed by atoms with Crippen molar-refractivity contribution < 1.29 is 0 Å². The fourth-order valence-corrected chi connectivity index (χ4v) is 1.84. The van der Waals surface area contributed by atoms with E-state index in [4.69, 9.17) is 0 Å². The van der Waals surface area contributed by atoms with Gasteiger partial charge in [0.1, 0.15) is 0 Å². The highest BCUT2D eigenvalue weighted by atomic mass is 14.9. The molecule has 0 amide bonds. The molecule has 1 aliphatic heterocycles. The Kier molecular flexibility index (Phi) is 4.37. The average Bonchev–Trinajstić information content (AvgIpc) is 2.15. The van der Waals surface area contributed by atoms with Crippen LogP contribution in [0.3, 0.4) is 0 Å². The largest absolute Gasteiger partial charge is 0.317 e. The maximum absolute atomic E-state index is 4.19. The van der Waals surface area contributed by atoms with Crippen LogP contribution in [-0.2, 0) is 0 Å². The van der Waals surface area contributed by atoms with Crippen molar-refractivity contribution >= 4 is 0 Å². The summed E-state index contributed by atoms with van der Waals surface area (Å²) < 4.78 is 0. The van der Waals surface area contributed by atoms with Crippen LogP contribution in [0, 0.1) is 5.92 Å². The second-order valence-electron chi connectivity index (χ2n) is 3.79. The molecule has 70 valence electrons. The second-order valence-corrected chi connectivity index (χ2v) is 3.79. The normalized spacial score (nSPS) is 19.4. The zero-order chi connectivity index (χ0) is 8.81. The van der Waals surface area contributed by atoms with E-state index in [9.17, 15) is 0 Å². The Morgan fingerprint density at radius 2 is 2.08 bits per heavy atom. The highest BCUT2D eigenvalue weighted by molar-refractivity contribution is 5.01. The Balaban J connectivity index is 2.20. The molecule has 1 saturated heterocycles. The lowest BCUT2D eigenvalue weighted by Crippen LogP contribution is -2.28. The second kappa shape index (κ2) is 5.36. The summed E-state index contributed by atoms with van der Waals surface area (Å²) in [6, 6.07) is 0. The zero-order valence-corrected chi connectivity index (χ0v) is 8.23. The van der Waals surface area contributed by atoms with Gasteiger partial charge in [0.15, 0.2) is 0 Å². The molecule has 1 N–H and O–H groups in total. The van der Waals surface area contributed by atoms with Gasteiger partial charge < -0.3 is 5.32 Å². The van der Waals surface area contributed by atoms with Gasteiger partial charge in [-0.2, -0.15) is 0 Å². The molecular formula is C11H21N. The van der Waals surface area contributed by atoms with Gasteiger partial charge in [0.05, 0.1) is 0 Å². The van der Waals surface area contributed by atoms with Gasteiger partial charge in [-0.1, -0.05) is 25.5 Å². The standard InChI is InChI=1S/C11H21N/c1-3-4-5-10(2)11-6-8-12-9-7-11/h11-12H,2-9H2,1H3. The van der Waals surface area contributed by atoms with Crippen molar-refractivity contribution in [2.24, 2.45) is 5.92 Å². The summed E-state index contributed by atoms with van der Waals surface area (Å²) >= 11 is 0. The molecule has 1 aliphatic rings. The molecule has 1 rings (SSSR count). The Labute approximate surface area is 76.2 Å². The fourth-order valence-electron chi connectivity index (χ4n) is 1.84. The molecule has 1 heteroatoms. The molecule has 0 aromatic carbocycles.